The average molecular weight is 434 g/mol. The Morgan fingerprint density at radius 3 is 2.68 bits per heavy atom. The fourth-order valence-corrected chi connectivity index (χ4v) is 5.45. The Labute approximate surface area is 185 Å². The molecule has 4 rings (SSSR count). The highest BCUT2D eigenvalue weighted by Gasteiger charge is 2.49. The van der Waals surface area contributed by atoms with Crippen molar-refractivity contribution < 1.29 is 4.79 Å². The van der Waals surface area contributed by atoms with Gasteiger partial charge in [-0.3, -0.25) is 15.0 Å². The quantitative estimate of drug-likeness (QED) is 0.339. The van der Waals surface area contributed by atoms with E-state index in [0.29, 0.717) is 19.1 Å². The standard InChI is InChI=1S/C21H39N9O/c1-21(2,13-22)14-10-25-19-17(18(23)27-30(19)12-14)20(31)26-15-11-24-5-4-16(15)29-8-6-28(3)7-9-29/h14-19,24-25,27H,4-12,23H2,1-3H3,(H,26,31). The van der Waals surface area contributed by atoms with Crippen molar-refractivity contribution in [2.75, 3.05) is 59.4 Å². The van der Waals surface area contributed by atoms with Gasteiger partial charge in [-0.05, 0) is 33.9 Å². The summed E-state index contributed by atoms with van der Waals surface area (Å²) in [7, 11) is 2.17. The van der Waals surface area contributed by atoms with Gasteiger partial charge in [0.2, 0.25) is 5.91 Å². The van der Waals surface area contributed by atoms with Crippen LogP contribution in [0.3, 0.4) is 0 Å². The number of hydrogen-bond donors (Lipinski definition) is 5. The van der Waals surface area contributed by atoms with E-state index in [9.17, 15) is 10.1 Å². The largest absolute Gasteiger partial charge is 0.350 e. The summed E-state index contributed by atoms with van der Waals surface area (Å²) in [5.41, 5.74) is 9.21. The van der Waals surface area contributed by atoms with E-state index in [2.05, 4.69) is 44.3 Å². The number of piperidine rings is 1. The van der Waals surface area contributed by atoms with E-state index in [1.807, 2.05) is 18.9 Å². The van der Waals surface area contributed by atoms with Gasteiger partial charge in [0.1, 0.15) is 0 Å². The molecule has 174 valence electrons. The topological polar surface area (TPSA) is 125 Å². The predicted octanol–water partition coefficient (Wildman–Crippen LogP) is -2.10. The molecule has 0 saturated carbocycles. The van der Waals surface area contributed by atoms with Crippen molar-refractivity contribution >= 4 is 5.91 Å². The van der Waals surface area contributed by atoms with Crippen molar-refractivity contribution in [1.29, 1.82) is 5.26 Å². The number of rotatable bonds is 4. The van der Waals surface area contributed by atoms with E-state index >= 15 is 0 Å². The van der Waals surface area contributed by atoms with Crippen LogP contribution in [-0.4, -0.2) is 105 Å². The molecule has 10 heteroatoms. The number of amides is 1. The highest BCUT2D eigenvalue weighted by atomic mass is 16.2. The lowest BCUT2D eigenvalue weighted by atomic mass is 9.78. The lowest BCUT2D eigenvalue weighted by Crippen LogP contribution is -2.64. The summed E-state index contributed by atoms with van der Waals surface area (Å²) < 4.78 is 0. The van der Waals surface area contributed by atoms with Crippen LogP contribution in [0.2, 0.25) is 0 Å². The normalized spacial score (nSPS) is 38.4. The second-order valence-corrected chi connectivity index (χ2v) is 10.2. The summed E-state index contributed by atoms with van der Waals surface area (Å²) >= 11 is 0. The molecule has 4 saturated heterocycles. The Kier molecular flexibility index (Phi) is 6.84. The number of hydrazine groups is 1. The Morgan fingerprint density at radius 1 is 1.23 bits per heavy atom. The molecule has 6 unspecified atom stereocenters. The maximum Gasteiger partial charge on any atom is 0.229 e. The number of piperazine rings is 1. The number of carbonyl (C=O) groups is 1. The zero-order valence-corrected chi connectivity index (χ0v) is 19.1. The number of nitrogens with zero attached hydrogens (tertiary/aromatic N) is 4. The van der Waals surface area contributed by atoms with E-state index in [4.69, 9.17) is 5.73 Å². The van der Waals surface area contributed by atoms with Crippen LogP contribution >= 0.6 is 0 Å². The summed E-state index contributed by atoms with van der Waals surface area (Å²) in [5.74, 6) is -0.202. The Bertz CT molecular complexity index is 687. The zero-order valence-electron chi connectivity index (χ0n) is 19.1. The maximum absolute atomic E-state index is 13.4. The summed E-state index contributed by atoms with van der Waals surface area (Å²) in [6.07, 6.45) is 0.446. The van der Waals surface area contributed by atoms with Crippen LogP contribution in [0.4, 0.5) is 0 Å². The second-order valence-electron chi connectivity index (χ2n) is 10.2. The van der Waals surface area contributed by atoms with Crippen molar-refractivity contribution in [3.63, 3.8) is 0 Å². The molecule has 31 heavy (non-hydrogen) atoms. The number of hydrogen-bond acceptors (Lipinski definition) is 9. The van der Waals surface area contributed by atoms with Crippen LogP contribution in [0.1, 0.15) is 20.3 Å². The summed E-state index contributed by atoms with van der Waals surface area (Å²) in [5, 5.41) is 21.8. The molecule has 6 N–H and O–H groups in total. The molecule has 0 aromatic rings. The highest BCUT2D eigenvalue weighted by molar-refractivity contribution is 5.81. The van der Waals surface area contributed by atoms with Gasteiger partial charge in [-0.1, -0.05) is 0 Å². The van der Waals surface area contributed by atoms with E-state index in [0.717, 1.165) is 45.7 Å². The van der Waals surface area contributed by atoms with Crippen molar-refractivity contribution in [2.45, 2.75) is 44.7 Å². The molecule has 4 aliphatic rings. The van der Waals surface area contributed by atoms with Crippen molar-refractivity contribution in [3.8, 4) is 6.07 Å². The van der Waals surface area contributed by atoms with Crippen LogP contribution < -0.4 is 27.1 Å². The van der Waals surface area contributed by atoms with Crippen LogP contribution in [0.5, 0.6) is 0 Å². The predicted molar refractivity (Wildman–Crippen MR) is 118 cm³/mol. The van der Waals surface area contributed by atoms with Crippen molar-refractivity contribution in [1.82, 2.24) is 36.2 Å². The molecule has 0 aromatic heterocycles. The SMILES string of the molecule is CN1CCN(C2CCNCC2NC(=O)C2C(N)NN3CC(C(C)(C)C#N)CNC23)CC1. The van der Waals surface area contributed by atoms with Gasteiger partial charge in [0, 0.05) is 57.8 Å². The third-order valence-electron chi connectivity index (χ3n) is 7.76. The molecule has 0 aliphatic carbocycles. The molecule has 0 aromatic carbocycles. The highest BCUT2D eigenvalue weighted by Crippen LogP contribution is 2.32. The van der Waals surface area contributed by atoms with Gasteiger partial charge < -0.3 is 21.3 Å². The van der Waals surface area contributed by atoms with E-state index in [1.54, 1.807) is 0 Å². The lowest BCUT2D eigenvalue weighted by molar-refractivity contribution is -0.128. The number of likely N-dealkylation sites (N-methyl/N-ethyl adjacent to an activating group) is 1. The molecule has 0 radical (unpaired) electrons. The van der Waals surface area contributed by atoms with Gasteiger partial charge in [-0.25, -0.2) is 10.4 Å². The molecule has 0 spiro atoms. The average Bonchev–Trinajstić information content (AvgIpc) is 3.09. The minimum absolute atomic E-state index is 0.00539. The van der Waals surface area contributed by atoms with Gasteiger partial charge in [0.15, 0.2) is 0 Å². The number of nitriles is 1. The second kappa shape index (κ2) is 9.27. The van der Waals surface area contributed by atoms with Crippen molar-refractivity contribution in [3.05, 3.63) is 0 Å². The minimum atomic E-state index is -0.444. The Hall–Kier alpha value is -1.32. The third kappa shape index (κ3) is 4.73. The smallest absolute Gasteiger partial charge is 0.229 e. The molecule has 4 aliphatic heterocycles. The number of carbonyl (C=O) groups excluding carboxylic acids is 1. The van der Waals surface area contributed by atoms with Gasteiger partial charge >= 0.3 is 0 Å². The lowest BCUT2D eigenvalue weighted by Gasteiger charge is -2.44. The Morgan fingerprint density at radius 2 is 1.97 bits per heavy atom. The fraction of sp³-hybridized carbons (Fsp3) is 0.905. The van der Waals surface area contributed by atoms with Gasteiger partial charge in [0.25, 0.3) is 0 Å². The van der Waals surface area contributed by atoms with E-state index in [1.165, 1.54) is 0 Å². The monoisotopic (exact) mass is 433 g/mol. The van der Waals surface area contributed by atoms with Crippen LogP contribution in [-0.2, 0) is 4.79 Å². The summed E-state index contributed by atoms with van der Waals surface area (Å²) in [6, 6.07) is 2.85. The van der Waals surface area contributed by atoms with Gasteiger partial charge in [-0.15, -0.1) is 0 Å². The molecule has 4 fully saturated rings. The fourth-order valence-electron chi connectivity index (χ4n) is 5.45. The Balaban J connectivity index is 1.39. The van der Waals surface area contributed by atoms with Gasteiger partial charge in [-0.2, -0.15) is 5.26 Å². The first-order valence-electron chi connectivity index (χ1n) is 11.7. The summed E-state index contributed by atoms with van der Waals surface area (Å²) in [6.45, 7) is 11.4. The van der Waals surface area contributed by atoms with Gasteiger partial charge in [0.05, 0.1) is 35.8 Å². The van der Waals surface area contributed by atoms with Crippen LogP contribution in [0.25, 0.3) is 0 Å². The molecular weight excluding hydrogens is 394 g/mol. The first-order valence-corrected chi connectivity index (χ1v) is 11.7. The first-order chi connectivity index (χ1) is 14.8. The molecule has 1 amide bonds. The zero-order chi connectivity index (χ0) is 22.2. The molecular formula is C21H39N9O. The van der Waals surface area contributed by atoms with Crippen LogP contribution in [0.15, 0.2) is 0 Å². The summed E-state index contributed by atoms with van der Waals surface area (Å²) in [4.78, 5) is 18.3. The van der Waals surface area contributed by atoms with E-state index < -0.39 is 11.6 Å². The number of fused-ring (bicyclic) bond motifs is 1. The maximum atomic E-state index is 13.4. The molecule has 4 heterocycles. The third-order valence-corrected chi connectivity index (χ3v) is 7.76. The van der Waals surface area contributed by atoms with Crippen LogP contribution in [0, 0.1) is 28.6 Å². The molecule has 0 bridgehead atoms. The molecule has 6 atom stereocenters. The first kappa shape index (κ1) is 22.9. The molecule has 10 nitrogen and oxygen atoms in total. The van der Waals surface area contributed by atoms with E-state index in [-0.39, 0.29) is 30.0 Å². The minimum Gasteiger partial charge on any atom is -0.350 e. The number of nitrogens with one attached hydrogen (secondary N) is 4. The number of nitrogens with two attached hydrogens (primary N) is 1. The van der Waals surface area contributed by atoms with Crippen molar-refractivity contribution in [2.24, 2.45) is 23.0 Å².